The lowest BCUT2D eigenvalue weighted by atomic mass is 10.1. The van der Waals surface area contributed by atoms with E-state index in [4.69, 9.17) is 0 Å². The highest BCUT2D eigenvalue weighted by molar-refractivity contribution is 7.91. The van der Waals surface area contributed by atoms with Crippen LogP contribution in [0.25, 0.3) is 5.65 Å². The van der Waals surface area contributed by atoms with Crippen LogP contribution >= 0.6 is 0 Å². The Morgan fingerprint density at radius 2 is 1.56 bits per heavy atom. The van der Waals surface area contributed by atoms with Crippen LogP contribution in [0.5, 0.6) is 0 Å². The molecule has 0 fully saturated rings. The van der Waals surface area contributed by atoms with Gasteiger partial charge in [0.2, 0.25) is 15.8 Å². The normalized spacial score (nSPS) is 12.8. The first-order valence-corrected chi connectivity index (χ1v) is 10.0. The van der Waals surface area contributed by atoms with Crippen molar-refractivity contribution in [3.8, 4) is 0 Å². The van der Waals surface area contributed by atoms with E-state index in [1.165, 1.54) is 10.7 Å². The number of benzene rings is 2. The second-order valence-electron chi connectivity index (χ2n) is 6.20. The molecule has 0 saturated carbocycles. The molecule has 0 aliphatic carbocycles. The van der Waals surface area contributed by atoms with Crippen molar-refractivity contribution >= 4 is 21.4 Å². The van der Waals surface area contributed by atoms with E-state index in [2.05, 4.69) is 15.4 Å². The SMILES string of the molecule is C[C@@H](Nc1nc2ccc(S(=O)(=O)c3ccccc3)cn2n1)c1ccccc1. The van der Waals surface area contributed by atoms with Gasteiger partial charge in [-0.05, 0) is 36.8 Å². The number of fused-ring (bicyclic) bond motifs is 1. The number of hydrogen-bond donors (Lipinski definition) is 1. The van der Waals surface area contributed by atoms with Crippen LogP contribution in [0.4, 0.5) is 5.95 Å². The van der Waals surface area contributed by atoms with Crippen LogP contribution in [0.3, 0.4) is 0 Å². The maximum Gasteiger partial charge on any atom is 0.243 e. The fraction of sp³-hybridized carbons (Fsp3) is 0.100. The minimum atomic E-state index is -3.60. The van der Waals surface area contributed by atoms with Crippen LogP contribution in [-0.2, 0) is 9.84 Å². The molecule has 2 aromatic carbocycles. The topological polar surface area (TPSA) is 76.4 Å². The summed E-state index contributed by atoms with van der Waals surface area (Å²) in [5.41, 5.74) is 1.69. The summed E-state index contributed by atoms with van der Waals surface area (Å²) in [6, 6.07) is 21.5. The molecule has 0 aliphatic rings. The molecule has 2 heterocycles. The van der Waals surface area contributed by atoms with E-state index in [9.17, 15) is 8.42 Å². The zero-order valence-electron chi connectivity index (χ0n) is 14.6. The molecule has 2 aromatic heterocycles. The summed E-state index contributed by atoms with van der Waals surface area (Å²) in [4.78, 5) is 4.85. The van der Waals surface area contributed by atoms with E-state index in [0.29, 0.717) is 11.6 Å². The average molecular weight is 378 g/mol. The minimum Gasteiger partial charge on any atom is -0.346 e. The molecular formula is C20H18N4O2S. The van der Waals surface area contributed by atoms with Crippen LogP contribution < -0.4 is 5.32 Å². The Hall–Kier alpha value is -3.19. The molecule has 0 amide bonds. The van der Waals surface area contributed by atoms with Gasteiger partial charge in [-0.3, -0.25) is 0 Å². The molecule has 0 spiro atoms. The largest absolute Gasteiger partial charge is 0.346 e. The first kappa shape index (κ1) is 17.2. The van der Waals surface area contributed by atoms with E-state index in [1.54, 1.807) is 42.5 Å². The van der Waals surface area contributed by atoms with Crippen LogP contribution in [0.2, 0.25) is 0 Å². The number of nitrogens with one attached hydrogen (secondary N) is 1. The van der Waals surface area contributed by atoms with Crippen molar-refractivity contribution in [1.29, 1.82) is 0 Å². The number of pyridine rings is 1. The Balaban J connectivity index is 1.64. The molecule has 27 heavy (non-hydrogen) atoms. The molecule has 7 heteroatoms. The van der Waals surface area contributed by atoms with Gasteiger partial charge < -0.3 is 5.32 Å². The van der Waals surface area contributed by atoms with Gasteiger partial charge in [-0.1, -0.05) is 48.5 Å². The summed E-state index contributed by atoms with van der Waals surface area (Å²) < 4.78 is 27.0. The predicted octanol–water partition coefficient (Wildman–Crippen LogP) is 3.74. The summed E-state index contributed by atoms with van der Waals surface area (Å²) in [5, 5.41) is 7.62. The van der Waals surface area contributed by atoms with E-state index in [1.807, 2.05) is 37.3 Å². The maximum atomic E-state index is 12.8. The standard InChI is InChI=1S/C20H18N4O2S/c1-15(16-8-4-2-5-9-16)21-20-22-19-13-12-18(14-24(19)23-20)27(25,26)17-10-6-3-7-11-17/h2-15H,1H3,(H,21,23)/t15-/m1/s1. The second-order valence-corrected chi connectivity index (χ2v) is 8.15. The molecule has 4 rings (SSSR count). The van der Waals surface area contributed by atoms with Gasteiger partial charge in [0.1, 0.15) is 0 Å². The van der Waals surface area contributed by atoms with Crippen molar-refractivity contribution in [2.45, 2.75) is 22.8 Å². The minimum absolute atomic E-state index is 0.0242. The molecule has 1 atom stereocenters. The molecule has 0 radical (unpaired) electrons. The zero-order valence-corrected chi connectivity index (χ0v) is 15.5. The highest BCUT2D eigenvalue weighted by atomic mass is 32.2. The highest BCUT2D eigenvalue weighted by Crippen LogP contribution is 2.22. The Kier molecular flexibility index (Phi) is 4.37. The second kappa shape index (κ2) is 6.85. The maximum absolute atomic E-state index is 12.8. The lowest BCUT2D eigenvalue weighted by Gasteiger charge is -2.11. The van der Waals surface area contributed by atoms with Gasteiger partial charge >= 0.3 is 0 Å². The van der Waals surface area contributed by atoms with Gasteiger partial charge in [0, 0.05) is 0 Å². The highest BCUT2D eigenvalue weighted by Gasteiger charge is 2.19. The van der Waals surface area contributed by atoms with Gasteiger partial charge in [-0.25, -0.2) is 12.9 Å². The van der Waals surface area contributed by atoms with Crippen LogP contribution in [0.1, 0.15) is 18.5 Å². The van der Waals surface area contributed by atoms with Crippen molar-refractivity contribution in [2.75, 3.05) is 5.32 Å². The number of nitrogens with zero attached hydrogens (tertiary/aromatic N) is 3. The molecule has 1 N–H and O–H groups in total. The quantitative estimate of drug-likeness (QED) is 0.573. The molecule has 0 unspecified atom stereocenters. The monoisotopic (exact) mass is 378 g/mol. The third-order valence-electron chi connectivity index (χ3n) is 4.31. The molecular weight excluding hydrogens is 360 g/mol. The van der Waals surface area contributed by atoms with Crippen LogP contribution in [-0.4, -0.2) is 23.0 Å². The molecule has 0 saturated heterocycles. The van der Waals surface area contributed by atoms with Crippen LogP contribution in [0, 0.1) is 0 Å². The first-order valence-electron chi connectivity index (χ1n) is 8.52. The summed E-state index contributed by atoms with van der Waals surface area (Å²) in [6.07, 6.45) is 1.49. The van der Waals surface area contributed by atoms with Crippen molar-refractivity contribution in [3.63, 3.8) is 0 Å². The number of aromatic nitrogens is 3. The molecule has 0 bridgehead atoms. The summed E-state index contributed by atoms with van der Waals surface area (Å²) in [5.74, 6) is 0.445. The zero-order chi connectivity index (χ0) is 18.9. The third-order valence-corrected chi connectivity index (χ3v) is 6.07. The van der Waals surface area contributed by atoms with Gasteiger partial charge in [0.05, 0.1) is 22.0 Å². The van der Waals surface area contributed by atoms with E-state index in [0.717, 1.165) is 5.56 Å². The Morgan fingerprint density at radius 1 is 0.889 bits per heavy atom. The van der Waals surface area contributed by atoms with Crippen molar-refractivity contribution in [2.24, 2.45) is 0 Å². The van der Waals surface area contributed by atoms with Crippen molar-refractivity contribution in [1.82, 2.24) is 14.6 Å². The van der Waals surface area contributed by atoms with Crippen molar-refractivity contribution in [3.05, 3.63) is 84.6 Å². The lowest BCUT2D eigenvalue weighted by Crippen LogP contribution is -2.07. The summed E-state index contributed by atoms with van der Waals surface area (Å²) >= 11 is 0. The van der Waals surface area contributed by atoms with E-state index < -0.39 is 9.84 Å². The van der Waals surface area contributed by atoms with E-state index in [-0.39, 0.29) is 15.8 Å². The summed E-state index contributed by atoms with van der Waals surface area (Å²) in [6.45, 7) is 2.02. The molecule has 136 valence electrons. The van der Waals surface area contributed by atoms with Gasteiger partial charge in [-0.2, -0.15) is 4.98 Å². The average Bonchev–Trinajstić information content (AvgIpc) is 3.10. The number of anilines is 1. The Bertz CT molecular complexity index is 1170. The lowest BCUT2D eigenvalue weighted by molar-refractivity contribution is 0.595. The van der Waals surface area contributed by atoms with Crippen LogP contribution in [0.15, 0.2) is 88.8 Å². The fourth-order valence-corrected chi connectivity index (χ4v) is 4.11. The van der Waals surface area contributed by atoms with E-state index >= 15 is 0 Å². The fourth-order valence-electron chi connectivity index (χ4n) is 2.84. The third kappa shape index (κ3) is 3.41. The number of sulfone groups is 1. The van der Waals surface area contributed by atoms with Gasteiger partial charge in [0.25, 0.3) is 0 Å². The number of rotatable bonds is 5. The smallest absolute Gasteiger partial charge is 0.243 e. The Morgan fingerprint density at radius 3 is 2.26 bits per heavy atom. The Labute approximate surface area is 157 Å². The number of hydrogen-bond acceptors (Lipinski definition) is 5. The van der Waals surface area contributed by atoms with Gasteiger partial charge in [0.15, 0.2) is 5.65 Å². The molecule has 4 aromatic rings. The summed E-state index contributed by atoms with van der Waals surface area (Å²) in [7, 11) is -3.60. The van der Waals surface area contributed by atoms with Crippen molar-refractivity contribution < 1.29 is 8.42 Å². The molecule has 0 aliphatic heterocycles. The predicted molar refractivity (Wildman–Crippen MR) is 103 cm³/mol. The van der Waals surface area contributed by atoms with Gasteiger partial charge in [-0.15, -0.1) is 5.10 Å². The molecule has 6 nitrogen and oxygen atoms in total. The first-order chi connectivity index (χ1) is 13.0.